The second kappa shape index (κ2) is 9.50. The largest absolute Gasteiger partial charge is 0.314 e. The molecule has 10 heteroatoms. The third-order valence-corrected chi connectivity index (χ3v) is 7.41. The number of para-hydroxylation sites is 2. The first-order valence-electron chi connectivity index (χ1n) is 10.3. The van der Waals surface area contributed by atoms with Crippen molar-refractivity contribution < 1.29 is 9.59 Å². The number of nitrogens with one attached hydrogen (secondary N) is 1. The number of amides is 2. The summed E-state index contributed by atoms with van der Waals surface area (Å²) in [6.07, 6.45) is 0. The van der Waals surface area contributed by atoms with E-state index in [0.29, 0.717) is 26.5 Å². The number of thioether (sulfide) groups is 1. The van der Waals surface area contributed by atoms with Crippen LogP contribution in [0.5, 0.6) is 0 Å². The lowest BCUT2D eigenvalue weighted by atomic mass is 10.2. The number of carbonyl (C=O) groups is 2. The van der Waals surface area contributed by atoms with Gasteiger partial charge in [0.1, 0.15) is 17.7 Å². The molecule has 0 aliphatic carbocycles. The number of benzene rings is 3. The van der Waals surface area contributed by atoms with Crippen LogP contribution < -0.4 is 5.43 Å². The zero-order valence-corrected chi connectivity index (χ0v) is 20.6. The quantitative estimate of drug-likeness (QED) is 0.345. The Morgan fingerprint density at radius 2 is 1.76 bits per heavy atom. The Morgan fingerprint density at radius 3 is 2.53 bits per heavy atom. The van der Waals surface area contributed by atoms with Gasteiger partial charge in [0.15, 0.2) is 0 Å². The predicted molar refractivity (Wildman–Crippen MR) is 137 cm³/mol. The number of carbonyl (C=O) groups excluding carboxylic acids is 2. The number of fused-ring (bicyclic) bond motifs is 1. The second-order valence-corrected chi connectivity index (χ2v) is 9.99. The molecule has 3 aromatic carbocycles. The first-order chi connectivity index (χ1) is 16.4. The topological polar surface area (TPSA) is 67.2 Å². The highest BCUT2D eigenvalue weighted by Crippen LogP contribution is 2.41. The van der Waals surface area contributed by atoms with E-state index in [-0.39, 0.29) is 24.1 Å². The molecule has 1 aliphatic heterocycles. The number of hydrogen-bond acceptors (Lipinski definition) is 4. The third kappa shape index (κ3) is 4.49. The Balaban J connectivity index is 1.44. The fourth-order valence-electron chi connectivity index (χ4n) is 3.84. The van der Waals surface area contributed by atoms with E-state index in [2.05, 4.69) is 5.43 Å². The van der Waals surface area contributed by atoms with E-state index < -0.39 is 5.37 Å². The molecule has 1 aliphatic rings. The first kappa shape index (κ1) is 23.1. The van der Waals surface area contributed by atoms with E-state index in [4.69, 9.17) is 39.8 Å². The number of nitrogens with zero attached hydrogens (tertiary/aromatic N) is 3. The fourth-order valence-corrected chi connectivity index (χ4v) is 5.69. The van der Waals surface area contributed by atoms with Gasteiger partial charge in [0.25, 0.3) is 11.8 Å². The summed E-state index contributed by atoms with van der Waals surface area (Å²) < 4.78 is 1.83. The van der Waals surface area contributed by atoms with Crippen molar-refractivity contribution in [3.8, 4) is 11.4 Å². The molecule has 0 spiro atoms. The molecule has 0 radical (unpaired) electrons. The molecule has 1 aromatic heterocycles. The van der Waals surface area contributed by atoms with Crippen LogP contribution in [-0.4, -0.2) is 32.1 Å². The summed E-state index contributed by atoms with van der Waals surface area (Å²) in [4.78, 5) is 30.5. The average Bonchev–Trinajstić information content (AvgIpc) is 3.35. The summed E-state index contributed by atoms with van der Waals surface area (Å²) in [6, 6.07) is 20.0. The Labute approximate surface area is 214 Å². The van der Waals surface area contributed by atoms with E-state index in [1.165, 1.54) is 16.8 Å². The van der Waals surface area contributed by atoms with E-state index >= 15 is 0 Å². The minimum Gasteiger partial charge on any atom is -0.314 e. The zero-order valence-electron chi connectivity index (χ0n) is 17.5. The Kier molecular flexibility index (Phi) is 6.44. The van der Waals surface area contributed by atoms with Gasteiger partial charge in [-0.2, -0.15) is 0 Å². The molecule has 4 aromatic rings. The van der Waals surface area contributed by atoms with Crippen LogP contribution in [0.2, 0.25) is 15.1 Å². The molecule has 0 bridgehead atoms. The van der Waals surface area contributed by atoms with Gasteiger partial charge in [0.05, 0.1) is 16.8 Å². The van der Waals surface area contributed by atoms with Crippen LogP contribution in [0.4, 0.5) is 0 Å². The maximum absolute atomic E-state index is 13.2. The van der Waals surface area contributed by atoms with Gasteiger partial charge < -0.3 is 4.57 Å². The van der Waals surface area contributed by atoms with Gasteiger partial charge in [0.2, 0.25) is 0 Å². The van der Waals surface area contributed by atoms with Gasteiger partial charge in [-0.05, 0) is 48.5 Å². The highest BCUT2D eigenvalue weighted by molar-refractivity contribution is 8.00. The van der Waals surface area contributed by atoms with Crippen LogP contribution in [0.15, 0.2) is 66.7 Å². The van der Waals surface area contributed by atoms with Crippen LogP contribution in [0, 0.1) is 0 Å². The summed E-state index contributed by atoms with van der Waals surface area (Å²) in [6.45, 7) is -0.0337. The van der Waals surface area contributed by atoms with E-state index in [0.717, 1.165) is 16.6 Å². The zero-order chi connectivity index (χ0) is 23.8. The van der Waals surface area contributed by atoms with Gasteiger partial charge >= 0.3 is 0 Å². The predicted octanol–water partition coefficient (Wildman–Crippen LogP) is 5.97. The minimum atomic E-state index is -0.448. The van der Waals surface area contributed by atoms with E-state index in [1.54, 1.807) is 30.3 Å². The Bertz CT molecular complexity index is 1410. The normalized spacial score (nSPS) is 15.8. The summed E-state index contributed by atoms with van der Waals surface area (Å²) in [5.74, 6) is 0.299. The van der Waals surface area contributed by atoms with Crippen LogP contribution in [0.3, 0.4) is 0 Å². The van der Waals surface area contributed by atoms with Gasteiger partial charge in [-0.25, -0.2) is 9.99 Å². The minimum absolute atomic E-state index is 0.0337. The molecule has 34 heavy (non-hydrogen) atoms. The summed E-state index contributed by atoms with van der Waals surface area (Å²) in [5, 5.41) is 2.44. The molecule has 1 fully saturated rings. The Hall–Kier alpha value is -2.71. The third-order valence-electron chi connectivity index (χ3n) is 5.40. The van der Waals surface area contributed by atoms with Crippen molar-refractivity contribution in [1.82, 2.24) is 20.0 Å². The molecule has 0 saturated carbocycles. The molecule has 6 nitrogen and oxygen atoms in total. The number of hydrogen-bond donors (Lipinski definition) is 1. The lowest BCUT2D eigenvalue weighted by Gasteiger charge is -2.25. The Morgan fingerprint density at radius 1 is 1.03 bits per heavy atom. The molecular formula is C24H17Cl3N4O2S. The maximum Gasteiger partial charge on any atom is 0.258 e. The van der Waals surface area contributed by atoms with Crippen molar-refractivity contribution in [1.29, 1.82) is 0 Å². The first-order valence-corrected chi connectivity index (χ1v) is 12.5. The van der Waals surface area contributed by atoms with Crippen molar-refractivity contribution in [2.45, 2.75) is 11.9 Å². The molecular weight excluding hydrogens is 515 g/mol. The lowest BCUT2D eigenvalue weighted by molar-refractivity contribution is -0.139. The van der Waals surface area contributed by atoms with Crippen molar-refractivity contribution in [3.63, 3.8) is 0 Å². The molecule has 2 heterocycles. The number of aromatic nitrogens is 2. The van der Waals surface area contributed by atoms with Gasteiger partial charge in [0, 0.05) is 26.2 Å². The molecule has 172 valence electrons. The fraction of sp³-hybridized carbons (Fsp3) is 0.125. The highest BCUT2D eigenvalue weighted by atomic mass is 35.5. The van der Waals surface area contributed by atoms with Gasteiger partial charge in [-0.15, -0.1) is 11.8 Å². The lowest BCUT2D eigenvalue weighted by Crippen LogP contribution is -2.45. The molecule has 1 N–H and O–H groups in total. The summed E-state index contributed by atoms with van der Waals surface area (Å²) in [5.41, 5.74) is 5.87. The highest BCUT2D eigenvalue weighted by Gasteiger charge is 2.35. The number of hydrazine groups is 1. The summed E-state index contributed by atoms with van der Waals surface area (Å²) in [7, 11) is 0. The maximum atomic E-state index is 13.2. The van der Waals surface area contributed by atoms with Crippen molar-refractivity contribution >= 4 is 69.4 Å². The monoisotopic (exact) mass is 530 g/mol. The smallest absolute Gasteiger partial charge is 0.258 e. The van der Waals surface area contributed by atoms with Crippen LogP contribution >= 0.6 is 46.6 Å². The second-order valence-electron chi connectivity index (χ2n) is 7.65. The van der Waals surface area contributed by atoms with Gasteiger partial charge in [-0.1, -0.05) is 53.0 Å². The number of halogens is 3. The number of rotatable bonds is 5. The SMILES string of the molecule is O=C(Cn1c(-c2ccc(Cl)cc2)nc2ccccc21)NN1C(=O)CSC1c1ccc(Cl)cc1Cl. The van der Waals surface area contributed by atoms with Gasteiger partial charge in [-0.3, -0.25) is 15.0 Å². The van der Waals surface area contributed by atoms with Crippen molar-refractivity contribution in [2.75, 3.05) is 5.75 Å². The molecule has 2 amide bonds. The number of imidazole rings is 1. The average molecular weight is 532 g/mol. The van der Waals surface area contributed by atoms with Crippen LogP contribution in [0.1, 0.15) is 10.9 Å². The molecule has 1 saturated heterocycles. The van der Waals surface area contributed by atoms with Crippen molar-refractivity contribution in [3.05, 3.63) is 87.4 Å². The van der Waals surface area contributed by atoms with E-state index in [1.807, 2.05) is 41.0 Å². The van der Waals surface area contributed by atoms with E-state index in [9.17, 15) is 9.59 Å². The van der Waals surface area contributed by atoms with Crippen LogP contribution in [-0.2, 0) is 16.1 Å². The molecule has 5 rings (SSSR count). The molecule has 1 atom stereocenters. The van der Waals surface area contributed by atoms with Crippen LogP contribution in [0.25, 0.3) is 22.4 Å². The summed E-state index contributed by atoms with van der Waals surface area (Å²) >= 11 is 19.8. The molecule has 1 unspecified atom stereocenters. The standard InChI is InChI=1S/C24H17Cl3N4O2S/c25-15-7-5-14(6-8-15)23-28-19-3-1-2-4-20(19)30(23)12-21(32)29-31-22(33)13-34-24(31)17-10-9-16(26)11-18(17)27/h1-11,24H,12-13H2,(H,29,32). The van der Waals surface area contributed by atoms with Crippen molar-refractivity contribution in [2.24, 2.45) is 0 Å².